The van der Waals surface area contributed by atoms with Crippen molar-refractivity contribution in [3.8, 4) is 39.9 Å². The molecule has 0 aromatic heterocycles. The Morgan fingerprint density at radius 2 is 1.85 bits per heavy atom. The molecule has 142 valence electrons. The molecule has 2 aromatic rings. The van der Waals surface area contributed by atoms with Crippen molar-refractivity contribution in [1.82, 2.24) is 4.90 Å². The summed E-state index contributed by atoms with van der Waals surface area (Å²) in [6.45, 7) is 1.27. The minimum atomic E-state index is 0.255. The lowest BCUT2D eigenvalue weighted by molar-refractivity contribution is 0.174. The fourth-order valence-electron chi connectivity index (χ4n) is 4.73. The summed E-state index contributed by atoms with van der Waals surface area (Å²) < 4.78 is 28.7. The second kappa shape index (κ2) is 5.96. The van der Waals surface area contributed by atoms with Crippen molar-refractivity contribution in [1.29, 1.82) is 0 Å². The van der Waals surface area contributed by atoms with Crippen LogP contribution in [0, 0.1) is 0 Å². The van der Waals surface area contributed by atoms with E-state index < -0.39 is 0 Å². The maximum Gasteiger partial charge on any atom is 0.231 e. The summed E-state index contributed by atoms with van der Waals surface area (Å²) in [5, 5.41) is 0. The fourth-order valence-corrected chi connectivity index (χ4v) is 4.73. The van der Waals surface area contributed by atoms with Gasteiger partial charge in [0.15, 0.2) is 23.0 Å². The van der Waals surface area contributed by atoms with Gasteiger partial charge in [-0.15, -0.1) is 0 Å². The first-order chi connectivity index (χ1) is 13.2. The molecule has 6 nitrogen and oxygen atoms in total. The molecule has 0 saturated heterocycles. The normalized spacial score (nSPS) is 19.3. The highest BCUT2D eigenvalue weighted by molar-refractivity contribution is 5.87. The Morgan fingerprint density at radius 3 is 2.59 bits per heavy atom. The SMILES string of the molecule is COc1cc2c(c(OC)c1OC)C[C@H]1c3c(cc4c(c3-2)OCO4)CCN1C. The summed E-state index contributed by atoms with van der Waals surface area (Å²) in [5.74, 6) is 3.67. The van der Waals surface area contributed by atoms with Crippen LogP contribution in [0.5, 0.6) is 28.7 Å². The number of fused-ring (bicyclic) bond motifs is 4. The maximum atomic E-state index is 5.91. The maximum absolute atomic E-state index is 5.91. The van der Waals surface area contributed by atoms with E-state index in [9.17, 15) is 0 Å². The van der Waals surface area contributed by atoms with Gasteiger partial charge in [-0.05, 0) is 48.7 Å². The van der Waals surface area contributed by atoms with Crippen LogP contribution in [0.4, 0.5) is 0 Å². The zero-order valence-corrected chi connectivity index (χ0v) is 16.0. The summed E-state index contributed by atoms with van der Waals surface area (Å²) >= 11 is 0. The highest BCUT2D eigenvalue weighted by Gasteiger charge is 2.40. The number of ether oxygens (including phenoxy) is 5. The van der Waals surface area contributed by atoms with Gasteiger partial charge in [0.1, 0.15) is 0 Å². The van der Waals surface area contributed by atoms with E-state index in [1.165, 1.54) is 11.1 Å². The van der Waals surface area contributed by atoms with E-state index >= 15 is 0 Å². The van der Waals surface area contributed by atoms with Crippen molar-refractivity contribution in [2.75, 3.05) is 41.7 Å². The number of likely N-dealkylation sites (N-methyl/N-ethyl adjacent to an activating group) is 1. The average molecular weight is 369 g/mol. The van der Waals surface area contributed by atoms with Crippen molar-refractivity contribution >= 4 is 0 Å². The highest BCUT2D eigenvalue weighted by atomic mass is 16.7. The molecule has 27 heavy (non-hydrogen) atoms. The summed E-state index contributed by atoms with van der Waals surface area (Å²) in [4.78, 5) is 2.41. The Labute approximate surface area is 158 Å². The Bertz CT molecular complexity index is 939. The van der Waals surface area contributed by atoms with Gasteiger partial charge in [0.2, 0.25) is 12.5 Å². The quantitative estimate of drug-likeness (QED) is 0.828. The first-order valence-corrected chi connectivity index (χ1v) is 9.15. The van der Waals surface area contributed by atoms with Crippen molar-refractivity contribution in [2.24, 2.45) is 0 Å². The van der Waals surface area contributed by atoms with Gasteiger partial charge < -0.3 is 23.7 Å². The van der Waals surface area contributed by atoms with Crippen LogP contribution >= 0.6 is 0 Å². The van der Waals surface area contributed by atoms with Crippen LogP contribution in [0.25, 0.3) is 11.1 Å². The minimum absolute atomic E-state index is 0.255. The number of rotatable bonds is 3. The lowest BCUT2D eigenvalue weighted by Gasteiger charge is -2.40. The smallest absolute Gasteiger partial charge is 0.231 e. The van der Waals surface area contributed by atoms with Crippen molar-refractivity contribution in [2.45, 2.75) is 18.9 Å². The Hall–Kier alpha value is -2.60. The lowest BCUT2D eigenvalue weighted by atomic mass is 9.76. The summed E-state index contributed by atoms with van der Waals surface area (Å²) in [6, 6.07) is 4.47. The van der Waals surface area contributed by atoms with Crippen LogP contribution in [0.15, 0.2) is 12.1 Å². The predicted molar refractivity (Wildman–Crippen MR) is 100 cm³/mol. The van der Waals surface area contributed by atoms with Gasteiger partial charge in [-0.3, -0.25) is 4.90 Å². The van der Waals surface area contributed by atoms with Crippen LogP contribution in [0.3, 0.4) is 0 Å². The first-order valence-electron chi connectivity index (χ1n) is 9.15. The van der Waals surface area contributed by atoms with Crippen molar-refractivity contribution in [3.05, 3.63) is 28.8 Å². The molecule has 1 atom stereocenters. The molecule has 0 bridgehead atoms. The number of hydrogen-bond donors (Lipinski definition) is 0. The van der Waals surface area contributed by atoms with Gasteiger partial charge in [-0.2, -0.15) is 0 Å². The molecular formula is C21H23NO5. The minimum Gasteiger partial charge on any atom is -0.493 e. The second-order valence-corrected chi connectivity index (χ2v) is 7.18. The zero-order chi connectivity index (χ0) is 18.7. The van der Waals surface area contributed by atoms with E-state index in [0.717, 1.165) is 53.3 Å². The third kappa shape index (κ3) is 2.16. The van der Waals surface area contributed by atoms with E-state index in [0.29, 0.717) is 11.5 Å². The summed E-state index contributed by atoms with van der Waals surface area (Å²) in [5.41, 5.74) is 5.99. The average Bonchev–Trinajstić information content (AvgIpc) is 3.16. The zero-order valence-electron chi connectivity index (χ0n) is 16.0. The van der Waals surface area contributed by atoms with Crippen molar-refractivity contribution in [3.63, 3.8) is 0 Å². The molecule has 6 heteroatoms. The van der Waals surface area contributed by atoms with Gasteiger partial charge in [0.05, 0.1) is 21.3 Å². The number of nitrogens with zero attached hydrogens (tertiary/aromatic N) is 1. The molecule has 0 unspecified atom stereocenters. The predicted octanol–water partition coefficient (Wildman–Crippen LogP) is 3.19. The van der Waals surface area contributed by atoms with Gasteiger partial charge in [-0.25, -0.2) is 0 Å². The lowest BCUT2D eigenvalue weighted by Crippen LogP contribution is -2.35. The van der Waals surface area contributed by atoms with E-state index in [1.807, 2.05) is 6.07 Å². The molecule has 0 N–H and O–H groups in total. The molecule has 2 aliphatic heterocycles. The number of methoxy groups -OCH3 is 3. The molecule has 0 saturated carbocycles. The third-order valence-corrected chi connectivity index (χ3v) is 5.99. The Kier molecular flexibility index (Phi) is 3.65. The van der Waals surface area contributed by atoms with Crippen molar-refractivity contribution < 1.29 is 23.7 Å². The van der Waals surface area contributed by atoms with Gasteiger partial charge in [0.25, 0.3) is 0 Å². The van der Waals surface area contributed by atoms with Gasteiger partial charge >= 0.3 is 0 Å². The second-order valence-electron chi connectivity index (χ2n) is 7.18. The van der Waals surface area contributed by atoms with Gasteiger partial charge in [0, 0.05) is 23.7 Å². The van der Waals surface area contributed by atoms with Gasteiger partial charge in [-0.1, -0.05) is 0 Å². The largest absolute Gasteiger partial charge is 0.493 e. The summed E-state index contributed by atoms with van der Waals surface area (Å²) in [7, 11) is 7.15. The molecular weight excluding hydrogens is 346 g/mol. The van der Waals surface area contributed by atoms with Crippen LogP contribution in [0.2, 0.25) is 0 Å². The summed E-state index contributed by atoms with van der Waals surface area (Å²) in [6.07, 6.45) is 1.86. The molecule has 0 radical (unpaired) electrons. The van der Waals surface area contributed by atoms with E-state index in [4.69, 9.17) is 23.7 Å². The number of hydrogen-bond acceptors (Lipinski definition) is 6. The molecule has 3 aliphatic rings. The van der Waals surface area contributed by atoms with Crippen LogP contribution in [0.1, 0.15) is 22.7 Å². The van der Waals surface area contributed by atoms with Crippen LogP contribution < -0.4 is 23.7 Å². The topological polar surface area (TPSA) is 49.4 Å². The first kappa shape index (κ1) is 16.6. The molecule has 0 amide bonds. The standard InChI is InChI=1S/C21H23NO5/c1-22-6-5-11-7-16-20(27-10-26-16)18-12-9-15(23-2)21(25-4)19(24-3)13(12)8-14(22)17(11)18/h7,9,14H,5-6,8,10H2,1-4H3/t14-/m0/s1. The molecule has 1 aliphatic carbocycles. The number of benzene rings is 2. The highest BCUT2D eigenvalue weighted by Crippen LogP contribution is 2.57. The third-order valence-electron chi connectivity index (χ3n) is 5.99. The van der Waals surface area contributed by atoms with Crippen LogP contribution in [-0.4, -0.2) is 46.6 Å². The molecule has 5 rings (SSSR count). The Balaban J connectivity index is 1.88. The Morgan fingerprint density at radius 1 is 1.04 bits per heavy atom. The fraction of sp³-hybridized carbons (Fsp3) is 0.429. The van der Waals surface area contributed by atoms with E-state index in [2.05, 4.69) is 18.0 Å². The molecule has 2 heterocycles. The molecule has 0 spiro atoms. The van der Waals surface area contributed by atoms with Crippen LogP contribution in [-0.2, 0) is 12.8 Å². The van der Waals surface area contributed by atoms with E-state index in [1.54, 1.807) is 21.3 Å². The molecule has 0 fully saturated rings. The van der Waals surface area contributed by atoms with E-state index in [-0.39, 0.29) is 12.8 Å². The molecule has 2 aromatic carbocycles. The monoisotopic (exact) mass is 369 g/mol.